The summed E-state index contributed by atoms with van der Waals surface area (Å²) in [4.78, 5) is 4.14. The van der Waals surface area contributed by atoms with Crippen LogP contribution < -0.4 is 5.32 Å². The minimum Gasteiger partial charge on any atom is -0.380 e. The number of hydrogen-bond donors (Lipinski definition) is 1. The monoisotopic (exact) mass is 328 g/mol. The first-order chi connectivity index (χ1) is 9.83. The molecule has 1 aliphatic rings. The van der Waals surface area contributed by atoms with Gasteiger partial charge in [-0.25, -0.2) is 4.98 Å². The molecule has 0 spiro atoms. The van der Waals surface area contributed by atoms with E-state index >= 15 is 0 Å². The number of nitrogens with one attached hydrogen (secondary N) is 1. The van der Waals surface area contributed by atoms with Crippen molar-refractivity contribution in [2.75, 3.05) is 5.32 Å². The average molecular weight is 329 g/mol. The summed E-state index contributed by atoms with van der Waals surface area (Å²) in [5.74, 6) is 0.834. The molecule has 4 heteroatoms. The summed E-state index contributed by atoms with van der Waals surface area (Å²) < 4.78 is 0. The van der Waals surface area contributed by atoms with Gasteiger partial charge in [-0.1, -0.05) is 50.4 Å². The van der Waals surface area contributed by atoms with Gasteiger partial charge in [0, 0.05) is 6.04 Å². The maximum absolute atomic E-state index is 6.22. The molecule has 1 fully saturated rings. The van der Waals surface area contributed by atoms with E-state index in [-0.39, 0.29) is 0 Å². The Bertz CT molecular complexity index is 469. The first kappa shape index (κ1) is 16.9. The predicted molar refractivity (Wildman–Crippen MR) is 92.4 cm³/mol. The topological polar surface area (TPSA) is 24.9 Å². The molecule has 0 aliphatic heterocycles. The van der Waals surface area contributed by atoms with Gasteiger partial charge in [0.05, 0.1) is 5.69 Å². The normalized spacial score (nSPS) is 23.1. The summed E-state index contributed by atoms with van der Waals surface area (Å²) in [6, 6.07) is 2.36. The van der Waals surface area contributed by atoms with Crippen LogP contribution in [0.3, 0.4) is 0 Å². The van der Waals surface area contributed by atoms with Crippen molar-refractivity contribution in [3.63, 3.8) is 0 Å². The molecular formula is C17H26Cl2N2. The lowest BCUT2D eigenvalue weighted by molar-refractivity contribution is 0.147. The SMILES string of the molecule is CCC(C)(C)C1CCC(Nc2c(C)cc(Cl)nc2Cl)CC1. The van der Waals surface area contributed by atoms with Crippen molar-refractivity contribution in [3.8, 4) is 0 Å². The zero-order chi connectivity index (χ0) is 15.6. The lowest BCUT2D eigenvalue weighted by atomic mass is 9.69. The van der Waals surface area contributed by atoms with Crippen LogP contribution in [0, 0.1) is 18.3 Å². The standard InChI is InChI=1S/C17H26Cl2N2/c1-5-17(3,4)12-6-8-13(9-7-12)20-15-11(2)10-14(18)21-16(15)19/h10,12-13,20H,5-9H2,1-4H3. The van der Waals surface area contributed by atoms with Crippen molar-refractivity contribution in [2.24, 2.45) is 11.3 Å². The average Bonchev–Trinajstić information content (AvgIpc) is 2.43. The first-order valence-electron chi connectivity index (χ1n) is 7.92. The molecule has 2 rings (SSSR count). The molecule has 1 aromatic heterocycles. The van der Waals surface area contributed by atoms with Crippen LogP contribution in [0.5, 0.6) is 0 Å². The number of nitrogens with zero attached hydrogens (tertiary/aromatic N) is 1. The van der Waals surface area contributed by atoms with E-state index in [1.165, 1.54) is 32.1 Å². The lowest BCUT2D eigenvalue weighted by Crippen LogP contribution is -2.33. The molecule has 1 aromatic rings. The van der Waals surface area contributed by atoms with Crippen molar-refractivity contribution in [3.05, 3.63) is 21.9 Å². The first-order valence-corrected chi connectivity index (χ1v) is 8.68. The summed E-state index contributed by atoms with van der Waals surface area (Å²) >= 11 is 12.1. The number of aromatic nitrogens is 1. The Kier molecular flexibility index (Phi) is 5.43. The Morgan fingerprint density at radius 3 is 2.38 bits per heavy atom. The Labute approximate surface area is 138 Å². The molecule has 21 heavy (non-hydrogen) atoms. The largest absolute Gasteiger partial charge is 0.380 e. The van der Waals surface area contributed by atoms with Gasteiger partial charge in [0.1, 0.15) is 5.15 Å². The Morgan fingerprint density at radius 1 is 1.24 bits per heavy atom. The zero-order valence-corrected chi connectivity index (χ0v) is 15.0. The minimum absolute atomic E-state index is 0.455. The van der Waals surface area contributed by atoms with Crippen LogP contribution in [-0.4, -0.2) is 11.0 Å². The van der Waals surface area contributed by atoms with Gasteiger partial charge in [-0.05, 0) is 55.6 Å². The van der Waals surface area contributed by atoms with Crippen molar-refractivity contribution < 1.29 is 0 Å². The van der Waals surface area contributed by atoms with Crippen LogP contribution in [0.1, 0.15) is 58.4 Å². The second kappa shape index (κ2) is 6.75. The molecule has 118 valence electrons. The number of anilines is 1. The van der Waals surface area contributed by atoms with Crippen molar-refractivity contribution in [1.29, 1.82) is 0 Å². The fourth-order valence-corrected chi connectivity index (χ4v) is 3.87. The number of hydrogen-bond acceptors (Lipinski definition) is 2. The maximum atomic E-state index is 6.22. The van der Waals surface area contributed by atoms with Gasteiger partial charge < -0.3 is 5.32 Å². The predicted octanol–water partition coefficient (Wildman–Crippen LogP) is 6.10. The summed E-state index contributed by atoms with van der Waals surface area (Å²) in [6.07, 6.45) is 6.23. The van der Waals surface area contributed by atoms with Gasteiger partial charge in [-0.15, -0.1) is 0 Å². The number of halogens is 2. The fraction of sp³-hybridized carbons (Fsp3) is 0.706. The van der Waals surface area contributed by atoms with E-state index in [4.69, 9.17) is 23.2 Å². The molecule has 0 radical (unpaired) electrons. The summed E-state index contributed by atoms with van der Waals surface area (Å²) in [6.45, 7) is 9.12. The van der Waals surface area contributed by atoms with Crippen LogP contribution in [0.25, 0.3) is 0 Å². The van der Waals surface area contributed by atoms with Crippen LogP contribution in [0.15, 0.2) is 6.07 Å². The highest BCUT2D eigenvalue weighted by Crippen LogP contribution is 2.41. The molecular weight excluding hydrogens is 303 g/mol. The molecule has 0 amide bonds. The highest BCUT2D eigenvalue weighted by molar-refractivity contribution is 6.34. The Balaban J connectivity index is 1.98. The highest BCUT2D eigenvalue weighted by atomic mass is 35.5. The van der Waals surface area contributed by atoms with Gasteiger partial charge in [-0.2, -0.15) is 0 Å². The quantitative estimate of drug-likeness (QED) is 0.675. The smallest absolute Gasteiger partial charge is 0.154 e. The van der Waals surface area contributed by atoms with Crippen molar-refractivity contribution in [2.45, 2.75) is 65.8 Å². The van der Waals surface area contributed by atoms with Crippen molar-refractivity contribution >= 4 is 28.9 Å². The van der Waals surface area contributed by atoms with Crippen LogP contribution in [0.2, 0.25) is 10.3 Å². The van der Waals surface area contributed by atoms with E-state index < -0.39 is 0 Å². The Hall–Kier alpha value is -0.470. The molecule has 0 atom stereocenters. The maximum Gasteiger partial charge on any atom is 0.154 e. The van der Waals surface area contributed by atoms with E-state index in [0.29, 0.717) is 21.8 Å². The number of rotatable bonds is 4. The molecule has 2 nitrogen and oxygen atoms in total. The second-order valence-electron chi connectivity index (χ2n) is 6.96. The van der Waals surface area contributed by atoms with E-state index in [0.717, 1.165) is 17.2 Å². The molecule has 0 saturated heterocycles. The molecule has 0 bridgehead atoms. The molecule has 0 unspecified atom stereocenters. The Morgan fingerprint density at radius 2 is 1.86 bits per heavy atom. The summed E-state index contributed by atoms with van der Waals surface area (Å²) in [5.41, 5.74) is 2.47. The van der Waals surface area contributed by atoms with Crippen molar-refractivity contribution in [1.82, 2.24) is 4.98 Å². The minimum atomic E-state index is 0.455. The van der Waals surface area contributed by atoms with E-state index in [2.05, 4.69) is 31.1 Å². The fourth-order valence-electron chi connectivity index (χ4n) is 3.28. The number of aryl methyl sites for hydroxylation is 1. The van der Waals surface area contributed by atoms with Gasteiger partial charge in [0.2, 0.25) is 0 Å². The van der Waals surface area contributed by atoms with E-state index in [9.17, 15) is 0 Å². The van der Waals surface area contributed by atoms with Gasteiger partial charge in [0.25, 0.3) is 0 Å². The number of pyridine rings is 1. The summed E-state index contributed by atoms with van der Waals surface area (Å²) in [5, 5.41) is 4.52. The second-order valence-corrected chi connectivity index (χ2v) is 7.71. The third-order valence-electron chi connectivity index (χ3n) is 5.23. The molecule has 0 aromatic carbocycles. The lowest BCUT2D eigenvalue weighted by Gasteiger charge is -2.39. The highest BCUT2D eigenvalue weighted by Gasteiger charge is 2.32. The molecule has 1 saturated carbocycles. The third kappa shape index (κ3) is 4.04. The van der Waals surface area contributed by atoms with Crippen LogP contribution in [-0.2, 0) is 0 Å². The van der Waals surface area contributed by atoms with Crippen LogP contribution in [0.4, 0.5) is 5.69 Å². The van der Waals surface area contributed by atoms with Gasteiger partial charge in [0.15, 0.2) is 5.15 Å². The molecule has 1 heterocycles. The van der Waals surface area contributed by atoms with Gasteiger partial charge in [-0.3, -0.25) is 0 Å². The zero-order valence-electron chi connectivity index (χ0n) is 13.5. The third-order valence-corrected chi connectivity index (χ3v) is 5.70. The van der Waals surface area contributed by atoms with Crippen LogP contribution >= 0.6 is 23.2 Å². The van der Waals surface area contributed by atoms with Gasteiger partial charge >= 0.3 is 0 Å². The van der Waals surface area contributed by atoms with E-state index in [1.54, 1.807) is 0 Å². The molecule has 1 N–H and O–H groups in total. The molecule has 1 aliphatic carbocycles. The van der Waals surface area contributed by atoms with E-state index in [1.807, 2.05) is 13.0 Å². The summed E-state index contributed by atoms with van der Waals surface area (Å²) in [7, 11) is 0.